The van der Waals surface area contributed by atoms with E-state index in [0.29, 0.717) is 18.2 Å². The molecule has 1 saturated heterocycles. The van der Waals surface area contributed by atoms with E-state index in [1.807, 2.05) is 24.3 Å². The molecule has 5 nitrogen and oxygen atoms in total. The first kappa shape index (κ1) is 23.4. The van der Waals surface area contributed by atoms with Crippen LogP contribution in [0.15, 0.2) is 47.5 Å². The molecule has 158 valence electrons. The molecule has 1 fully saturated rings. The van der Waals surface area contributed by atoms with E-state index in [4.69, 9.17) is 5.73 Å². The third-order valence-corrected chi connectivity index (χ3v) is 5.21. The fourth-order valence-corrected chi connectivity index (χ4v) is 3.44. The topological polar surface area (TPSA) is 56.9 Å². The predicted octanol–water partition coefficient (Wildman–Crippen LogP) is 4.07. The maximum atomic E-state index is 14.6. The summed E-state index contributed by atoms with van der Waals surface area (Å²) in [5, 5.41) is 3.10. The van der Waals surface area contributed by atoms with Crippen LogP contribution >= 0.6 is 24.0 Å². The number of halogens is 2. The number of benzene rings is 2. The number of nitrogens with zero attached hydrogens (tertiary/aromatic N) is 3. The highest BCUT2D eigenvalue weighted by Crippen LogP contribution is 2.22. The van der Waals surface area contributed by atoms with Crippen molar-refractivity contribution in [2.24, 2.45) is 10.7 Å². The van der Waals surface area contributed by atoms with Crippen LogP contribution in [0.4, 0.5) is 15.8 Å². The van der Waals surface area contributed by atoms with Crippen molar-refractivity contribution in [1.29, 1.82) is 0 Å². The van der Waals surface area contributed by atoms with Gasteiger partial charge in [-0.15, -0.1) is 24.0 Å². The summed E-state index contributed by atoms with van der Waals surface area (Å²) in [4.78, 5) is 8.84. The van der Waals surface area contributed by atoms with Crippen LogP contribution in [0.1, 0.15) is 25.0 Å². The number of nitrogens with two attached hydrogens (primary N) is 1. The molecule has 1 aliphatic heterocycles. The normalized spacial score (nSPS) is 15.1. The number of anilines is 2. The third kappa shape index (κ3) is 6.57. The van der Waals surface area contributed by atoms with Crippen molar-refractivity contribution >= 4 is 41.3 Å². The first-order valence-electron chi connectivity index (χ1n) is 10.0. The fraction of sp³-hybridized carbons (Fsp3) is 0.409. The van der Waals surface area contributed by atoms with Gasteiger partial charge >= 0.3 is 0 Å². The molecule has 3 rings (SSSR count). The van der Waals surface area contributed by atoms with E-state index in [1.165, 1.54) is 5.56 Å². The highest BCUT2D eigenvalue weighted by atomic mass is 127. The summed E-state index contributed by atoms with van der Waals surface area (Å²) in [7, 11) is 0. The van der Waals surface area contributed by atoms with Crippen molar-refractivity contribution in [1.82, 2.24) is 4.90 Å². The van der Waals surface area contributed by atoms with Gasteiger partial charge in [-0.25, -0.2) is 9.38 Å². The van der Waals surface area contributed by atoms with E-state index in [2.05, 4.69) is 46.1 Å². The predicted molar refractivity (Wildman–Crippen MR) is 131 cm³/mol. The van der Waals surface area contributed by atoms with Gasteiger partial charge < -0.3 is 20.9 Å². The van der Waals surface area contributed by atoms with E-state index in [0.717, 1.165) is 50.4 Å². The monoisotopic (exact) mass is 511 g/mol. The number of hydrogen-bond donors (Lipinski definition) is 2. The molecule has 0 amide bonds. The molecule has 0 radical (unpaired) electrons. The zero-order chi connectivity index (χ0) is 19.9. The number of piperazine rings is 1. The molecule has 2 aromatic carbocycles. The molecular formula is C22H31FIN5. The molecule has 29 heavy (non-hydrogen) atoms. The standard InChI is InChI=1S/C22H30FN5.HI/c1-3-17-6-5-7-19(14-17)26-22(24)25-16-18-8-9-21(20(23)15-18)28-12-10-27(4-2)11-13-28;/h5-9,14-15H,3-4,10-13,16H2,1-2H3,(H3,24,25,26);1H. The second-order valence-corrected chi connectivity index (χ2v) is 7.09. The molecule has 0 saturated carbocycles. The van der Waals surface area contributed by atoms with Crippen LogP contribution in [0.3, 0.4) is 0 Å². The summed E-state index contributed by atoms with van der Waals surface area (Å²) in [6.07, 6.45) is 0.964. The van der Waals surface area contributed by atoms with Gasteiger partial charge in [0.1, 0.15) is 5.82 Å². The summed E-state index contributed by atoms with van der Waals surface area (Å²) >= 11 is 0. The Bertz CT molecular complexity index is 819. The highest BCUT2D eigenvalue weighted by molar-refractivity contribution is 14.0. The summed E-state index contributed by atoms with van der Waals surface area (Å²) < 4.78 is 14.6. The molecule has 1 aliphatic rings. The molecule has 7 heteroatoms. The Morgan fingerprint density at radius 3 is 2.48 bits per heavy atom. The Balaban J connectivity index is 0.00000300. The Labute approximate surface area is 190 Å². The van der Waals surface area contributed by atoms with Gasteiger partial charge in [-0.3, -0.25) is 0 Å². The second kappa shape index (κ2) is 11.3. The van der Waals surface area contributed by atoms with E-state index < -0.39 is 0 Å². The van der Waals surface area contributed by atoms with Crippen molar-refractivity contribution in [3.05, 3.63) is 59.4 Å². The number of aryl methyl sites for hydroxylation is 1. The minimum absolute atomic E-state index is 0. The van der Waals surface area contributed by atoms with Gasteiger partial charge in [0, 0.05) is 31.9 Å². The number of aliphatic imine (C=N–C) groups is 1. The van der Waals surface area contributed by atoms with Gasteiger partial charge in [0.15, 0.2) is 5.96 Å². The average molecular weight is 511 g/mol. The smallest absolute Gasteiger partial charge is 0.193 e. The van der Waals surface area contributed by atoms with Crippen LogP contribution in [0.2, 0.25) is 0 Å². The van der Waals surface area contributed by atoms with Crippen molar-refractivity contribution in [2.45, 2.75) is 26.8 Å². The zero-order valence-corrected chi connectivity index (χ0v) is 19.5. The van der Waals surface area contributed by atoms with Crippen LogP contribution in [0.5, 0.6) is 0 Å². The van der Waals surface area contributed by atoms with Crippen LogP contribution in [0.25, 0.3) is 0 Å². The quantitative estimate of drug-likeness (QED) is 0.349. The van der Waals surface area contributed by atoms with Gasteiger partial charge in [0.25, 0.3) is 0 Å². The van der Waals surface area contributed by atoms with E-state index in [-0.39, 0.29) is 29.8 Å². The summed E-state index contributed by atoms with van der Waals surface area (Å²) in [6.45, 7) is 9.32. The van der Waals surface area contributed by atoms with Crippen LogP contribution in [0, 0.1) is 5.82 Å². The van der Waals surface area contributed by atoms with Crippen molar-refractivity contribution in [2.75, 3.05) is 42.9 Å². The van der Waals surface area contributed by atoms with Crippen LogP contribution in [-0.4, -0.2) is 43.6 Å². The Kier molecular flexibility index (Phi) is 9.16. The van der Waals surface area contributed by atoms with Gasteiger partial charge in [-0.05, 0) is 48.4 Å². The van der Waals surface area contributed by atoms with Crippen LogP contribution < -0.4 is 16.0 Å². The van der Waals surface area contributed by atoms with E-state index >= 15 is 0 Å². The van der Waals surface area contributed by atoms with Gasteiger partial charge in [-0.2, -0.15) is 0 Å². The molecule has 0 aromatic heterocycles. The van der Waals surface area contributed by atoms with Crippen molar-refractivity contribution in [3.63, 3.8) is 0 Å². The Hall–Kier alpha value is -1.87. The average Bonchev–Trinajstić information content (AvgIpc) is 2.72. The largest absolute Gasteiger partial charge is 0.370 e. The SMILES string of the molecule is CCc1cccc(NC(N)=NCc2ccc(N3CCN(CC)CC3)c(F)c2)c1.I. The van der Waals surface area contributed by atoms with Crippen molar-refractivity contribution < 1.29 is 4.39 Å². The molecule has 0 unspecified atom stereocenters. The summed E-state index contributed by atoms with van der Waals surface area (Å²) in [5.41, 5.74) is 9.61. The molecule has 0 spiro atoms. The maximum Gasteiger partial charge on any atom is 0.193 e. The third-order valence-electron chi connectivity index (χ3n) is 5.21. The Morgan fingerprint density at radius 1 is 1.07 bits per heavy atom. The first-order valence-corrected chi connectivity index (χ1v) is 10.0. The van der Waals surface area contributed by atoms with Gasteiger partial charge in [-0.1, -0.05) is 32.0 Å². The Morgan fingerprint density at radius 2 is 1.83 bits per heavy atom. The molecule has 1 heterocycles. The lowest BCUT2D eigenvalue weighted by Gasteiger charge is -2.35. The molecule has 3 N–H and O–H groups in total. The fourth-order valence-electron chi connectivity index (χ4n) is 3.44. The number of guanidine groups is 1. The first-order chi connectivity index (χ1) is 13.6. The molecule has 0 aliphatic carbocycles. The van der Waals surface area contributed by atoms with Crippen molar-refractivity contribution in [3.8, 4) is 0 Å². The van der Waals surface area contributed by atoms with E-state index in [1.54, 1.807) is 6.07 Å². The second-order valence-electron chi connectivity index (χ2n) is 7.09. The lowest BCUT2D eigenvalue weighted by Crippen LogP contribution is -2.46. The minimum Gasteiger partial charge on any atom is -0.370 e. The lowest BCUT2D eigenvalue weighted by molar-refractivity contribution is 0.270. The summed E-state index contributed by atoms with van der Waals surface area (Å²) in [6, 6.07) is 13.4. The van der Waals surface area contributed by atoms with Gasteiger partial charge in [0.05, 0.1) is 12.2 Å². The number of nitrogens with one attached hydrogen (secondary N) is 1. The zero-order valence-electron chi connectivity index (χ0n) is 17.2. The highest BCUT2D eigenvalue weighted by Gasteiger charge is 2.18. The number of rotatable bonds is 6. The molecule has 0 bridgehead atoms. The van der Waals surface area contributed by atoms with E-state index in [9.17, 15) is 4.39 Å². The van der Waals surface area contributed by atoms with Crippen LogP contribution in [-0.2, 0) is 13.0 Å². The molecule has 0 atom stereocenters. The molecular weight excluding hydrogens is 480 g/mol. The lowest BCUT2D eigenvalue weighted by atomic mass is 10.1. The number of hydrogen-bond acceptors (Lipinski definition) is 3. The maximum absolute atomic E-state index is 14.6. The minimum atomic E-state index is -0.195. The number of likely N-dealkylation sites (N-methyl/N-ethyl adjacent to an activating group) is 1. The molecule has 2 aromatic rings. The van der Waals surface area contributed by atoms with Gasteiger partial charge in [0.2, 0.25) is 0 Å². The summed E-state index contributed by atoms with van der Waals surface area (Å²) in [5.74, 6) is 0.133.